The molecule has 110 valence electrons. The molecule has 0 bridgehead atoms. The van der Waals surface area contributed by atoms with Crippen LogP contribution in [0.3, 0.4) is 0 Å². The van der Waals surface area contributed by atoms with Crippen molar-refractivity contribution in [1.82, 2.24) is 0 Å². The van der Waals surface area contributed by atoms with Crippen LogP contribution >= 0.6 is 0 Å². The van der Waals surface area contributed by atoms with Crippen molar-refractivity contribution >= 4 is 11.4 Å². The highest BCUT2D eigenvalue weighted by Gasteiger charge is 2.27. The number of hydrogen-bond acceptors (Lipinski definition) is 5. The maximum atomic E-state index is 11.4. The van der Waals surface area contributed by atoms with Crippen LogP contribution in [0.4, 0.5) is 11.4 Å². The SMILES string of the molecule is CC(C)Oc1cccc(N2CCC[C@@H](N)C2)c1[N+](=O)[O-]. The molecule has 6 heteroatoms. The summed E-state index contributed by atoms with van der Waals surface area (Å²) in [5.41, 5.74) is 6.60. The van der Waals surface area contributed by atoms with Gasteiger partial charge in [0.2, 0.25) is 0 Å². The normalized spacial score (nSPS) is 19.2. The van der Waals surface area contributed by atoms with Crippen molar-refractivity contribution in [2.75, 3.05) is 18.0 Å². The summed E-state index contributed by atoms with van der Waals surface area (Å²) in [4.78, 5) is 13.0. The molecule has 1 aromatic rings. The van der Waals surface area contributed by atoms with Crippen LogP contribution in [0.25, 0.3) is 0 Å². The van der Waals surface area contributed by atoms with Gasteiger partial charge < -0.3 is 15.4 Å². The first kappa shape index (κ1) is 14.6. The van der Waals surface area contributed by atoms with Crippen molar-refractivity contribution in [3.63, 3.8) is 0 Å². The number of ether oxygens (including phenoxy) is 1. The molecule has 0 spiro atoms. The number of nitrogens with two attached hydrogens (primary N) is 1. The Labute approximate surface area is 118 Å². The van der Waals surface area contributed by atoms with Crippen LogP contribution in [-0.2, 0) is 0 Å². The standard InChI is InChI=1S/C14H21N3O3/c1-10(2)20-13-7-3-6-12(14(13)17(18)19)16-8-4-5-11(15)9-16/h3,6-7,10-11H,4-5,8-9,15H2,1-2H3/t11-/m1/s1. The van der Waals surface area contributed by atoms with Gasteiger partial charge in [-0.2, -0.15) is 0 Å². The minimum absolute atomic E-state index is 0.0373. The first-order valence-electron chi connectivity index (χ1n) is 6.93. The highest BCUT2D eigenvalue weighted by atomic mass is 16.6. The van der Waals surface area contributed by atoms with E-state index in [1.54, 1.807) is 18.2 Å². The highest BCUT2D eigenvalue weighted by Crippen LogP contribution is 2.38. The van der Waals surface area contributed by atoms with Gasteiger partial charge >= 0.3 is 5.69 Å². The van der Waals surface area contributed by atoms with Crippen LogP contribution in [0.15, 0.2) is 18.2 Å². The predicted molar refractivity (Wildman–Crippen MR) is 78.3 cm³/mol. The molecule has 0 unspecified atom stereocenters. The summed E-state index contributed by atoms with van der Waals surface area (Å²) in [5, 5.41) is 11.4. The smallest absolute Gasteiger partial charge is 0.333 e. The third-order valence-electron chi connectivity index (χ3n) is 3.32. The minimum Gasteiger partial charge on any atom is -0.484 e. The van der Waals surface area contributed by atoms with Gasteiger partial charge in [-0.3, -0.25) is 10.1 Å². The zero-order valence-corrected chi connectivity index (χ0v) is 11.9. The second-order valence-corrected chi connectivity index (χ2v) is 5.40. The monoisotopic (exact) mass is 279 g/mol. The topological polar surface area (TPSA) is 81.6 Å². The van der Waals surface area contributed by atoms with Gasteiger partial charge in [-0.05, 0) is 38.8 Å². The summed E-state index contributed by atoms with van der Waals surface area (Å²) < 4.78 is 5.57. The molecule has 20 heavy (non-hydrogen) atoms. The first-order valence-corrected chi connectivity index (χ1v) is 6.93. The van der Waals surface area contributed by atoms with Gasteiger partial charge in [0.15, 0.2) is 5.75 Å². The van der Waals surface area contributed by atoms with E-state index in [4.69, 9.17) is 10.5 Å². The number of nitro groups is 1. The Morgan fingerprint density at radius 3 is 2.85 bits per heavy atom. The minimum atomic E-state index is -0.368. The van der Waals surface area contributed by atoms with Gasteiger partial charge in [-0.25, -0.2) is 0 Å². The third kappa shape index (κ3) is 3.19. The van der Waals surface area contributed by atoms with Gasteiger partial charge in [0.1, 0.15) is 5.69 Å². The van der Waals surface area contributed by atoms with Crippen LogP contribution in [0.1, 0.15) is 26.7 Å². The van der Waals surface area contributed by atoms with E-state index < -0.39 is 0 Å². The molecule has 0 radical (unpaired) electrons. The van der Waals surface area contributed by atoms with E-state index in [-0.39, 0.29) is 22.8 Å². The van der Waals surface area contributed by atoms with Crippen LogP contribution in [0.5, 0.6) is 5.75 Å². The Morgan fingerprint density at radius 2 is 2.25 bits per heavy atom. The number of rotatable bonds is 4. The second-order valence-electron chi connectivity index (χ2n) is 5.40. The second kappa shape index (κ2) is 6.09. The lowest BCUT2D eigenvalue weighted by atomic mass is 10.1. The van der Waals surface area contributed by atoms with Crippen molar-refractivity contribution < 1.29 is 9.66 Å². The fourth-order valence-electron chi connectivity index (χ4n) is 2.53. The Hall–Kier alpha value is -1.82. The number of benzene rings is 1. The summed E-state index contributed by atoms with van der Waals surface area (Å²) in [6, 6.07) is 5.27. The summed E-state index contributed by atoms with van der Waals surface area (Å²) in [5.74, 6) is 0.321. The quantitative estimate of drug-likeness (QED) is 0.675. The molecule has 2 rings (SSSR count). The average molecular weight is 279 g/mol. The van der Waals surface area contributed by atoms with Gasteiger partial charge in [-0.1, -0.05) is 6.07 Å². The van der Waals surface area contributed by atoms with E-state index >= 15 is 0 Å². The fourth-order valence-corrected chi connectivity index (χ4v) is 2.53. The lowest BCUT2D eigenvalue weighted by molar-refractivity contribution is -0.385. The van der Waals surface area contributed by atoms with E-state index in [1.807, 2.05) is 18.7 Å². The molecule has 1 fully saturated rings. The van der Waals surface area contributed by atoms with Crippen molar-refractivity contribution in [3.05, 3.63) is 28.3 Å². The molecule has 1 heterocycles. The lowest BCUT2D eigenvalue weighted by Gasteiger charge is -2.32. The molecule has 1 aliphatic heterocycles. The number of anilines is 1. The van der Waals surface area contributed by atoms with Crippen molar-refractivity contribution in [1.29, 1.82) is 0 Å². The molecule has 1 atom stereocenters. The maximum absolute atomic E-state index is 11.4. The number of hydrogen-bond donors (Lipinski definition) is 1. The summed E-state index contributed by atoms with van der Waals surface area (Å²) in [7, 11) is 0. The highest BCUT2D eigenvalue weighted by molar-refractivity contribution is 5.70. The van der Waals surface area contributed by atoms with Gasteiger partial charge in [0.25, 0.3) is 0 Å². The summed E-state index contributed by atoms with van der Waals surface area (Å²) >= 11 is 0. The maximum Gasteiger partial charge on any atom is 0.333 e. The first-order chi connectivity index (χ1) is 9.49. The van der Waals surface area contributed by atoms with Crippen LogP contribution in [0, 0.1) is 10.1 Å². The molecule has 1 aromatic carbocycles. The molecule has 2 N–H and O–H groups in total. The third-order valence-corrected chi connectivity index (χ3v) is 3.32. The fraction of sp³-hybridized carbons (Fsp3) is 0.571. The van der Waals surface area contributed by atoms with Crippen molar-refractivity contribution in [2.45, 2.75) is 38.8 Å². The molecule has 0 aromatic heterocycles. The molecular weight excluding hydrogens is 258 g/mol. The Kier molecular flexibility index (Phi) is 4.44. The average Bonchev–Trinajstić information content (AvgIpc) is 2.37. The summed E-state index contributed by atoms with van der Waals surface area (Å²) in [6.07, 6.45) is 1.81. The van der Waals surface area contributed by atoms with Gasteiger partial charge in [-0.15, -0.1) is 0 Å². The van der Waals surface area contributed by atoms with Crippen LogP contribution in [0.2, 0.25) is 0 Å². The molecule has 0 aliphatic carbocycles. The van der Waals surface area contributed by atoms with Gasteiger partial charge in [0, 0.05) is 19.1 Å². The van der Waals surface area contributed by atoms with E-state index in [9.17, 15) is 10.1 Å². The molecular formula is C14H21N3O3. The van der Waals surface area contributed by atoms with E-state index in [1.165, 1.54) is 0 Å². The zero-order valence-electron chi connectivity index (χ0n) is 11.9. The summed E-state index contributed by atoms with van der Waals surface area (Å²) in [6.45, 7) is 5.14. The molecule has 1 aliphatic rings. The largest absolute Gasteiger partial charge is 0.484 e. The Morgan fingerprint density at radius 1 is 1.50 bits per heavy atom. The van der Waals surface area contributed by atoms with Crippen molar-refractivity contribution in [2.24, 2.45) is 5.73 Å². The van der Waals surface area contributed by atoms with Gasteiger partial charge in [0.05, 0.1) is 11.0 Å². The van der Waals surface area contributed by atoms with E-state index in [2.05, 4.69) is 0 Å². The number of para-hydroxylation sites is 1. The molecule has 0 saturated carbocycles. The Bertz CT molecular complexity index is 491. The Balaban J connectivity index is 2.38. The molecule has 6 nitrogen and oxygen atoms in total. The number of piperidine rings is 1. The van der Waals surface area contributed by atoms with Crippen LogP contribution in [-0.4, -0.2) is 30.2 Å². The molecule has 0 amide bonds. The van der Waals surface area contributed by atoms with E-state index in [0.717, 1.165) is 19.4 Å². The van der Waals surface area contributed by atoms with Crippen molar-refractivity contribution in [3.8, 4) is 5.75 Å². The predicted octanol–water partition coefficient (Wildman–Crippen LogP) is 2.31. The van der Waals surface area contributed by atoms with Crippen LogP contribution < -0.4 is 15.4 Å². The number of nitro benzene ring substituents is 1. The number of nitrogens with zero attached hydrogens (tertiary/aromatic N) is 2. The lowest BCUT2D eigenvalue weighted by Crippen LogP contribution is -2.43. The molecule has 1 saturated heterocycles. The van der Waals surface area contributed by atoms with E-state index in [0.29, 0.717) is 18.0 Å². The zero-order chi connectivity index (χ0) is 14.7.